The molecular formula is C14H14N2O5S2. The molecule has 2 N–H and O–H groups in total. The number of nitrogens with one attached hydrogen (secondary N) is 1. The highest BCUT2D eigenvalue weighted by molar-refractivity contribution is 7.93. The summed E-state index contributed by atoms with van der Waals surface area (Å²) in [5, 5.41) is 11.6. The summed E-state index contributed by atoms with van der Waals surface area (Å²) in [6.07, 6.45) is -1.18. The van der Waals surface area contributed by atoms with Crippen LogP contribution in [-0.2, 0) is 9.84 Å². The molecule has 0 unspecified atom stereocenters. The first-order valence-corrected chi connectivity index (χ1v) is 8.71. The molecule has 0 atom stereocenters. The number of carbonyl (C=O) groups excluding carboxylic acids is 1. The van der Waals surface area contributed by atoms with Crippen molar-refractivity contribution in [3.63, 3.8) is 0 Å². The van der Waals surface area contributed by atoms with Crippen LogP contribution in [0.1, 0.15) is 10.4 Å². The Morgan fingerprint density at radius 1 is 1.22 bits per heavy atom. The van der Waals surface area contributed by atoms with Crippen LogP contribution < -0.4 is 10.2 Å². The molecular weight excluding hydrogens is 340 g/mol. The lowest BCUT2D eigenvalue weighted by Crippen LogP contribution is -2.22. The third-order valence-corrected chi connectivity index (χ3v) is 6.49. The second-order valence-electron chi connectivity index (χ2n) is 4.54. The Morgan fingerprint density at radius 2 is 1.91 bits per heavy atom. The van der Waals surface area contributed by atoms with Gasteiger partial charge in [-0.1, -0.05) is 6.07 Å². The molecule has 2 rings (SSSR count). The molecule has 23 heavy (non-hydrogen) atoms. The third-order valence-electron chi connectivity index (χ3n) is 3.08. The topological polar surface area (TPSA) is 104 Å². The molecule has 0 aliphatic heterocycles. The molecule has 1 aromatic heterocycles. The van der Waals surface area contributed by atoms with Gasteiger partial charge in [-0.2, -0.15) is 0 Å². The molecule has 0 fully saturated rings. The number of anilines is 1. The molecule has 0 aliphatic carbocycles. The SMILES string of the molecule is CNC(=O)c1cccc(S(=O)(=O)c2ccc(N(C)C(=O)O)s2)c1. The van der Waals surface area contributed by atoms with Gasteiger partial charge in [-0.15, -0.1) is 11.3 Å². The number of rotatable bonds is 4. The number of thiophene rings is 1. The van der Waals surface area contributed by atoms with Gasteiger partial charge in [0.25, 0.3) is 5.91 Å². The smallest absolute Gasteiger partial charge is 0.412 e. The van der Waals surface area contributed by atoms with Crippen molar-refractivity contribution in [2.45, 2.75) is 9.10 Å². The lowest BCUT2D eigenvalue weighted by molar-refractivity contribution is 0.0963. The third kappa shape index (κ3) is 3.35. The largest absolute Gasteiger partial charge is 0.465 e. The summed E-state index contributed by atoms with van der Waals surface area (Å²) in [5.41, 5.74) is 0.230. The molecule has 9 heteroatoms. The quantitative estimate of drug-likeness (QED) is 0.874. The number of sulfone groups is 1. The summed E-state index contributed by atoms with van der Waals surface area (Å²) >= 11 is 0.848. The van der Waals surface area contributed by atoms with Crippen molar-refractivity contribution >= 4 is 38.2 Å². The van der Waals surface area contributed by atoms with Crippen LogP contribution in [0.5, 0.6) is 0 Å². The van der Waals surface area contributed by atoms with Gasteiger partial charge in [-0.25, -0.2) is 13.2 Å². The maximum atomic E-state index is 12.6. The fourth-order valence-electron chi connectivity index (χ4n) is 1.79. The molecule has 1 aromatic carbocycles. The van der Waals surface area contributed by atoms with Gasteiger partial charge in [0.15, 0.2) is 0 Å². The van der Waals surface area contributed by atoms with Crippen LogP contribution in [0.2, 0.25) is 0 Å². The Hall–Kier alpha value is -2.39. The highest BCUT2D eigenvalue weighted by atomic mass is 32.2. The minimum Gasteiger partial charge on any atom is -0.465 e. The van der Waals surface area contributed by atoms with E-state index in [1.807, 2.05) is 0 Å². The second kappa shape index (κ2) is 6.39. The first-order chi connectivity index (χ1) is 10.8. The monoisotopic (exact) mass is 354 g/mol. The zero-order valence-electron chi connectivity index (χ0n) is 12.3. The fourth-order valence-corrected chi connectivity index (χ4v) is 4.49. The van der Waals surface area contributed by atoms with Gasteiger partial charge in [-0.05, 0) is 30.3 Å². The summed E-state index contributed by atoms with van der Waals surface area (Å²) in [7, 11) is -1.04. The summed E-state index contributed by atoms with van der Waals surface area (Å²) in [4.78, 5) is 23.5. The van der Waals surface area contributed by atoms with Crippen LogP contribution in [0.25, 0.3) is 0 Å². The summed E-state index contributed by atoms with van der Waals surface area (Å²) in [6.45, 7) is 0. The molecule has 0 bridgehead atoms. The number of benzene rings is 1. The lowest BCUT2D eigenvalue weighted by Gasteiger charge is -2.09. The van der Waals surface area contributed by atoms with E-state index >= 15 is 0 Å². The molecule has 0 saturated carbocycles. The Balaban J connectivity index is 2.43. The normalized spacial score (nSPS) is 11.0. The van der Waals surface area contributed by atoms with Crippen LogP contribution in [-0.4, -0.2) is 39.6 Å². The second-order valence-corrected chi connectivity index (χ2v) is 7.78. The van der Waals surface area contributed by atoms with Crippen LogP contribution in [0.15, 0.2) is 45.5 Å². The number of hydrogen-bond donors (Lipinski definition) is 2. The Kier molecular flexibility index (Phi) is 4.71. The average Bonchev–Trinajstić information content (AvgIpc) is 3.04. The highest BCUT2D eigenvalue weighted by Gasteiger charge is 2.23. The Bertz CT molecular complexity index is 858. The van der Waals surface area contributed by atoms with Crippen molar-refractivity contribution in [3.8, 4) is 0 Å². The Morgan fingerprint density at radius 3 is 2.52 bits per heavy atom. The molecule has 0 radical (unpaired) electrons. The van der Waals surface area contributed by atoms with Gasteiger partial charge >= 0.3 is 6.09 Å². The minimum atomic E-state index is -3.82. The summed E-state index contributed by atoms with van der Waals surface area (Å²) in [5.74, 6) is -0.389. The Labute approximate surface area is 137 Å². The van der Waals surface area contributed by atoms with E-state index in [1.165, 1.54) is 50.5 Å². The van der Waals surface area contributed by atoms with Crippen LogP contribution >= 0.6 is 11.3 Å². The van der Waals surface area contributed by atoms with Crippen molar-refractivity contribution < 1.29 is 23.1 Å². The number of amides is 2. The van der Waals surface area contributed by atoms with Gasteiger partial charge in [0, 0.05) is 19.7 Å². The van der Waals surface area contributed by atoms with Gasteiger partial charge < -0.3 is 10.4 Å². The van der Waals surface area contributed by atoms with E-state index < -0.39 is 15.9 Å². The first kappa shape index (κ1) is 17.0. The van der Waals surface area contributed by atoms with Gasteiger partial charge in [0.1, 0.15) is 9.21 Å². The number of carbonyl (C=O) groups is 2. The first-order valence-electron chi connectivity index (χ1n) is 6.41. The van der Waals surface area contributed by atoms with Gasteiger partial charge in [0.2, 0.25) is 9.84 Å². The number of carboxylic acid groups (broad SMARTS) is 1. The summed E-state index contributed by atoms with van der Waals surface area (Å²) < 4.78 is 25.2. The van der Waals surface area contributed by atoms with E-state index in [4.69, 9.17) is 5.11 Å². The maximum absolute atomic E-state index is 12.6. The predicted molar refractivity (Wildman–Crippen MR) is 86.0 cm³/mol. The molecule has 0 saturated heterocycles. The van der Waals surface area contributed by atoms with Crippen molar-refractivity contribution in [1.82, 2.24) is 5.32 Å². The van der Waals surface area contributed by atoms with Crippen molar-refractivity contribution in [1.29, 1.82) is 0 Å². The van der Waals surface area contributed by atoms with Gasteiger partial charge in [-0.3, -0.25) is 9.69 Å². The van der Waals surface area contributed by atoms with E-state index in [-0.39, 0.29) is 20.6 Å². The molecule has 0 spiro atoms. The maximum Gasteiger partial charge on any atom is 0.412 e. The van der Waals surface area contributed by atoms with Crippen molar-refractivity contribution in [3.05, 3.63) is 42.0 Å². The minimum absolute atomic E-state index is 0.00894. The van der Waals surface area contributed by atoms with Crippen molar-refractivity contribution in [2.75, 3.05) is 19.0 Å². The van der Waals surface area contributed by atoms with E-state index in [9.17, 15) is 18.0 Å². The lowest BCUT2D eigenvalue weighted by atomic mass is 10.2. The average molecular weight is 354 g/mol. The predicted octanol–water partition coefficient (Wildman–Crippen LogP) is 2.05. The molecule has 0 aliphatic rings. The molecule has 2 amide bonds. The molecule has 1 heterocycles. The summed E-state index contributed by atoms with van der Waals surface area (Å²) in [6, 6.07) is 8.44. The van der Waals surface area contributed by atoms with E-state index in [0.717, 1.165) is 16.2 Å². The highest BCUT2D eigenvalue weighted by Crippen LogP contribution is 2.32. The zero-order valence-corrected chi connectivity index (χ0v) is 13.9. The zero-order chi connectivity index (χ0) is 17.2. The molecule has 7 nitrogen and oxygen atoms in total. The van der Waals surface area contributed by atoms with Crippen molar-refractivity contribution in [2.24, 2.45) is 0 Å². The standard InChI is InChI=1S/C14H14N2O5S2/c1-15-13(17)9-4-3-5-10(8-9)23(20,21)12-7-6-11(22-12)16(2)14(18)19/h3-8H,1-2H3,(H,15,17)(H,18,19). The number of nitrogens with zero attached hydrogens (tertiary/aromatic N) is 1. The van der Waals surface area contributed by atoms with E-state index in [1.54, 1.807) is 0 Å². The van der Waals surface area contributed by atoms with Crippen LogP contribution in [0, 0.1) is 0 Å². The molecule has 122 valence electrons. The van der Waals surface area contributed by atoms with Crippen LogP contribution in [0.3, 0.4) is 0 Å². The number of hydrogen-bond acceptors (Lipinski definition) is 5. The van der Waals surface area contributed by atoms with E-state index in [0.29, 0.717) is 5.00 Å². The fraction of sp³-hybridized carbons (Fsp3) is 0.143. The van der Waals surface area contributed by atoms with Gasteiger partial charge in [0.05, 0.1) is 4.90 Å². The molecule has 2 aromatic rings. The van der Waals surface area contributed by atoms with E-state index in [2.05, 4.69) is 5.32 Å². The van der Waals surface area contributed by atoms with Crippen LogP contribution in [0.4, 0.5) is 9.80 Å².